The highest BCUT2D eigenvalue weighted by atomic mass is 79.9. The number of ketones is 1. The topological polar surface area (TPSA) is 26.3 Å². The maximum absolute atomic E-state index is 12.1. The lowest BCUT2D eigenvalue weighted by molar-refractivity contribution is -0.00571. The second-order valence-electron chi connectivity index (χ2n) is 4.96. The third-order valence-electron chi connectivity index (χ3n) is 3.75. The summed E-state index contributed by atoms with van der Waals surface area (Å²) in [6.07, 6.45) is 6.28. The van der Waals surface area contributed by atoms with Crippen LogP contribution in [0.5, 0.6) is 0 Å². The Morgan fingerprint density at radius 2 is 2.16 bits per heavy atom. The first-order valence-corrected chi connectivity index (χ1v) is 9.11. The van der Waals surface area contributed by atoms with Crippen molar-refractivity contribution in [3.63, 3.8) is 0 Å². The van der Waals surface area contributed by atoms with E-state index in [1.807, 2.05) is 6.07 Å². The van der Waals surface area contributed by atoms with Gasteiger partial charge in [0.2, 0.25) is 0 Å². The molecule has 0 aromatic carbocycles. The molecule has 1 aliphatic rings. The van der Waals surface area contributed by atoms with E-state index >= 15 is 0 Å². The summed E-state index contributed by atoms with van der Waals surface area (Å²) in [6.45, 7) is 2.41. The van der Waals surface area contributed by atoms with Gasteiger partial charge in [-0.1, -0.05) is 26.2 Å². The lowest BCUT2D eigenvalue weighted by Crippen LogP contribution is -2.29. The van der Waals surface area contributed by atoms with Gasteiger partial charge in [0.25, 0.3) is 0 Å². The van der Waals surface area contributed by atoms with E-state index in [2.05, 4.69) is 38.8 Å². The molecule has 2 atom stereocenters. The minimum atomic E-state index is 0.0641. The van der Waals surface area contributed by atoms with Crippen molar-refractivity contribution in [1.82, 2.24) is 0 Å². The fourth-order valence-electron chi connectivity index (χ4n) is 2.65. The molecule has 1 aliphatic carbocycles. The van der Waals surface area contributed by atoms with Crippen LogP contribution in [0.4, 0.5) is 0 Å². The second kappa shape index (κ2) is 7.34. The summed E-state index contributed by atoms with van der Waals surface area (Å²) in [4.78, 5) is 12.1. The fourth-order valence-corrected chi connectivity index (χ4v) is 5.51. The van der Waals surface area contributed by atoms with Crippen LogP contribution in [0.15, 0.2) is 13.6 Å². The Morgan fingerprint density at radius 3 is 2.79 bits per heavy atom. The average molecular weight is 410 g/mol. The molecule has 0 radical (unpaired) electrons. The Kier molecular flexibility index (Phi) is 6.06. The smallest absolute Gasteiger partial charge is 0.190 e. The first kappa shape index (κ1) is 15.7. The van der Waals surface area contributed by atoms with Gasteiger partial charge in [-0.25, -0.2) is 0 Å². The van der Waals surface area contributed by atoms with Crippen LogP contribution in [0.3, 0.4) is 0 Å². The van der Waals surface area contributed by atoms with E-state index < -0.39 is 0 Å². The van der Waals surface area contributed by atoms with Crippen LogP contribution in [0, 0.1) is 5.92 Å². The lowest BCUT2D eigenvalue weighted by Gasteiger charge is -2.30. The van der Waals surface area contributed by atoms with Crippen LogP contribution < -0.4 is 0 Å². The quantitative estimate of drug-likeness (QED) is 0.605. The molecule has 106 valence electrons. The zero-order valence-corrected chi connectivity index (χ0v) is 14.9. The molecule has 19 heavy (non-hydrogen) atoms. The molecule has 1 fully saturated rings. The summed E-state index contributed by atoms with van der Waals surface area (Å²) in [7, 11) is 0. The summed E-state index contributed by atoms with van der Waals surface area (Å²) in [5.41, 5.74) is 0.723. The van der Waals surface area contributed by atoms with E-state index in [-0.39, 0.29) is 18.5 Å². The molecular formula is C14H18Br2O2S. The van der Waals surface area contributed by atoms with Gasteiger partial charge in [0.1, 0.15) is 6.61 Å². The van der Waals surface area contributed by atoms with Gasteiger partial charge in [-0.15, -0.1) is 11.3 Å². The predicted octanol–water partition coefficient (Wildman–Crippen LogP) is 5.44. The van der Waals surface area contributed by atoms with Crippen molar-refractivity contribution in [2.75, 3.05) is 6.61 Å². The van der Waals surface area contributed by atoms with Crippen molar-refractivity contribution < 1.29 is 9.53 Å². The third kappa shape index (κ3) is 4.13. The Balaban J connectivity index is 1.91. The molecule has 1 heterocycles. The summed E-state index contributed by atoms with van der Waals surface area (Å²) >= 11 is 8.34. The molecule has 0 N–H and O–H groups in total. The van der Waals surface area contributed by atoms with Gasteiger partial charge < -0.3 is 4.74 Å². The highest BCUT2D eigenvalue weighted by Crippen LogP contribution is 2.33. The Bertz CT molecular complexity index is 445. The number of thiophene rings is 1. The Hall–Kier alpha value is 0.290. The third-order valence-corrected chi connectivity index (χ3v) is 6.09. The highest BCUT2D eigenvalue weighted by molar-refractivity contribution is 9.12. The molecule has 2 unspecified atom stereocenters. The van der Waals surface area contributed by atoms with E-state index in [0.29, 0.717) is 5.92 Å². The van der Waals surface area contributed by atoms with Crippen molar-refractivity contribution in [2.45, 2.75) is 45.1 Å². The van der Waals surface area contributed by atoms with Crippen molar-refractivity contribution in [3.05, 3.63) is 19.2 Å². The highest BCUT2D eigenvalue weighted by Gasteiger charge is 2.25. The molecule has 0 spiro atoms. The van der Waals surface area contributed by atoms with Gasteiger partial charge in [-0.3, -0.25) is 4.79 Å². The molecule has 5 heteroatoms. The summed E-state index contributed by atoms with van der Waals surface area (Å²) < 4.78 is 7.73. The molecule has 1 saturated carbocycles. The minimum Gasteiger partial charge on any atom is -0.370 e. The zero-order valence-electron chi connectivity index (χ0n) is 11.0. The SMILES string of the molecule is CCC1CCCCC1OCC(=O)c1cc(Br)sc1Br. The van der Waals surface area contributed by atoms with Crippen molar-refractivity contribution in [3.8, 4) is 0 Å². The number of Topliss-reactive ketones (excluding diaryl/α,β-unsaturated/α-hetero) is 1. The van der Waals surface area contributed by atoms with Crippen LogP contribution in [0.25, 0.3) is 0 Å². The second-order valence-corrected chi connectivity index (χ2v) is 8.71. The lowest BCUT2D eigenvalue weighted by atomic mass is 9.85. The minimum absolute atomic E-state index is 0.0641. The standard InChI is InChI=1S/C14H18Br2O2S/c1-2-9-5-3-4-6-12(9)18-8-11(17)10-7-13(15)19-14(10)16/h7,9,12H,2-6,8H2,1H3. The van der Waals surface area contributed by atoms with Crippen molar-refractivity contribution >= 4 is 49.0 Å². The number of rotatable bonds is 5. The number of carbonyl (C=O) groups excluding carboxylic acids is 1. The van der Waals surface area contributed by atoms with Gasteiger partial charge in [-0.05, 0) is 56.7 Å². The summed E-state index contributed by atoms with van der Waals surface area (Å²) in [5, 5.41) is 0. The van der Waals surface area contributed by atoms with Gasteiger partial charge in [0.15, 0.2) is 5.78 Å². The van der Waals surface area contributed by atoms with E-state index in [0.717, 1.165) is 26.0 Å². The molecule has 0 aliphatic heterocycles. The van der Waals surface area contributed by atoms with Crippen LogP contribution >= 0.6 is 43.2 Å². The Labute approximate surface area is 135 Å². The molecule has 2 nitrogen and oxygen atoms in total. The van der Waals surface area contributed by atoms with Gasteiger partial charge in [-0.2, -0.15) is 0 Å². The maximum atomic E-state index is 12.1. The number of halogens is 2. The molecule has 0 saturated heterocycles. The van der Waals surface area contributed by atoms with Crippen molar-refractivity contribution in [1.29, 1.82) is 0 Å². The molecule has 1 aromatic rings. The first-order chi connectivity index (χ1) is 9.11. The number of hydrogen-bond acceptors (Lipinski definition) is 3. The van der Waals surface area contributed by atoms with Gasteiger partial charge in [0, 0.05) is 5.56 Å². The van der Waals surface area contributed by atoms with Crippen LogP contribution in [-0.4, -0.2) is 18.5 Å². The average Bonchev–Trinajstić information content (AvgIpc) is 2.75. The van der Waals surface area contributed by atoms with Crippen LogP contribution in [0.2, 0.25) is 0 Å². The number of hydrogen-bond donors (Lipinski definition) is 0. The summed E-state index contributed by atoms with van der Waals surface area (Å²) in [5.74, 6) is 0.688. The maximum Gasteiger partial charge on any atom is 0.190 e. The van der Waals surface area contributed by atoms with E-state index in [9.17, 15) is 4.79 Å². The van der Waals surface area contributed by atoms with E-state index in [1.165, 1.54) is 30.6 Å². The van der Waals surface area contributed by atoms with E-state index in [1.54, 1.807) is 0 Å². The van der Waals surface area contributed by atoms with E-state index in [4.69, 9.17) is 4.74 Å². The van der Waals surface area contributed by atoms with Gasteiger partial charge >= 0.3 is 0 Å². The molecule has 0 amide bonds. The fraction of sp³-hybridized carbons (Fsp3) is 0.643. The number of ether oxygens (including phenoxy) is 1. The largest absolute Gasteiger partial charge is 0.370 e. The molecule has 0 bridgehead atoms. The molecular weight excluding hydrogens is 392 g/mol. The predicted molar refractivity (Wildman–Crippen MR) is 86.0 cm³/mol. The molecule has 1 aromatic heterocycles. The normalized spacial score (nSPS) is 23.5. The monoisotopic (exact) mass is 408 g/mol. The van der Waals surface area contributed by atoms with Gasteiger partial charge in [0.05, 0.1) is 13.7 Å². The summed E-state index contributed by atoms with van der Waals surface area (Å²) in [6, 6.07) is 1.86. The number of carbonyl (C=O) groups is 1. The van der Waals surface area contributed by atoms with Crippen molar-refractivity contribution in [2.24, 2.45) is 5.92 Å². The molecule has 2 rings (SSSR count). The Morgan fingerprint density at radius 1 is 1.42 bits per heavy atom. The first-order valence-electron chi connectivity index (χ1n) is 6.71. The van der Waals surface area contributed by atoms with Crippen LogP contribution in [0.1, 0.15) is 49.4 Å². The zero-order chi connectivity index (χ0) is 13.8. The van der Waals surface area contributed by atoms with Crippen LogP contribution in [-0.2, 0) is 4.74 Å².